The molecule has 0 aromatic heterocycles. The van der Waals surface area contributed by atoms with Crippen LogP contribution in [0.15, 0.2) is 17.6 Å². The van der Waals surface area contributed by atoms with E-state index in [1.54, 1.807) is 6.08 Å². The van der Waals surface area contributed by atoms with Gasteiger partial charge in [-0.3, -0.25) is 4.99 Å². The van der Waals surface area contributed by atoms with E-state index < -0.39 is 0 Å². The Balaban J connectivity index is 2.04. The van der Waals surface area contributed by atoms with E-state index in [0.717, 1.165) is 12.1 Å². The van der Waals surface area contributed by atoms with Gasteiger partial charge in [-0.05, 0) is 24.7 Å². The standard InChI is InChI=1S/C15H21NO2/c1-5-6-10-13(17)18-12-11(16-10)9-7-8-15(12,4)14(9,2)3/h5,9-10,12H,1,6-8H2,2-4H3/t9-,10-,12?,15+/m1/s1. The molecular formula is C15H21NO2. The molecule has 0 saturated heterocycles. The summed E-state index contributed by atoms with van der Waals surface area (Å²) >= 11 is 0. The van der Waals surface area contributed by atoms with Gasteiger partial charge in [0.05, 0.1) is 5.71 Å². The highest BCUT2D eigenvalue weighted by Crippen LogP contribution is 2.65. The molecule has 3 heteroatoms. The maximum atomic E-state index is 12.0. The Hall–Kier alpha value is -1.12. The first-order valence-electron chi connectivity index (χ1n) is 6.81. The van der Waals surface area contributed by atoms with Crippen LogP contribution in [0.3, 0.4) is 0 Å². The number of carbonyl (C=O) groups excluding carboxylic acids is 1. The maximum Gasteiger partial charge on any atom is 0.331 e. The van der Waals surface area contributed by atoms with Gasteiger partial charge in [-0.2, -0.15) is 0 Å². The predicted molar refractivity (Wildman–Crippen MR) is 70.5 cm³/mol. The Morgan fingerprint density at radius 2 is 2.22 bits per heavy atom. The van der Waals surface area contributed by atoms with Crippen LogP contribution in [0.2, 0.25) is 0 Å². The summed E-state index contributed by atoms with van der Waals surface area (Å²) in [6.07, 6.45) is 4.56. The summed E-state index contributed by atoms with van der Waals surface area (Å²) in [7, 11) is 0. The molecular weight excluding hydrogens is 226 g/mol. The SMILES string of the molecule is C=CC[C@H]1N=C2C(OC1=O)[C@]1(C)CC[C@H]2C1(C)C. The fourth-order valence-electron chi connectivity index (χ4n) is 4.10. The molecule has 18 heavy (non-hydrogen) atoms. The molecule has 2 saturated carbocycles. The Bertz CT molecular complexity index is 451. The molecule has 0 amide bonds. The summed E-state index contributed by atoms with van der Waals surface area (Å²) in [5.74, 6) is 0.307. The van der Waals surface area contributed by atoms with Crippen LogP contribution in [0, 0.1) is 16.7 Å². The largest absolute Gasteiger partial charge is 0.454 e. The van der Waals surface area contributed by atoms with Crippen LogP contribution in [0.5, 0.6) is 0 Å². The van der Waals surface area contributed by atoms with Crippen molar-refractivity contribution < 1.29 is 9.53 Å². The van der Waals surface area contributed by atoms with E-state index in [2.05, 4.69) is 27.4 Å². The van der Waals surface area contributed by atoms with E-state index in [-0.39, 0.29) is 28.9 Å². The van der Waals surface area contributed by atoms with Crippen LogP contribution < -0.4 is 0 Å². The summed E-state index contributed by atoms with van der Waals surface area (Å²) in [6, 6.07) is -0.354. The molecule has 1 aliphatic heterocycles. The molecule has 4 atom stereocenters. The number of carbonyl (C=O) groups is 1. The van der Waals surface area contributed by atoms with E-state index in [4.69, 9.17) is 9.73 Å². The second-order valence-electron chi connectivity index (χ2n) is 6.64. The van der Waals surface area contributed by atoms with Gasteiger partial charge in [0.15, 0.2) is 6.04 Å². The third-order valence-electron chi connectivity index (χ3n) is 5.70. The number of esters is 1. The smallest absolute Gasteiger partial charge is 0.331 e. The molecule has 0 spiro atoms. The van der Waals surface area contributed by atoms with Crippen molar-refractivity contribution in [2.75, 3.05) is 0 Å². The first-order chi connectivity index (χ1) is 8.41. The number of hydrogen-bond donors (Lipinski definition) is 0. The van der Waals surface area contributed by atoms with Crippen LogP contribution in [0.1, 0.15) is 40.0 Å². The van der Waals surface area contributed by atoms with Crippen LogP contribution in [0.25, 0.3) is 0 Å². The Morgan fingerprint density at radius 1 is 1.50 bits per heavy atom. The average molecular weight is 247 g/mol. The van der Waals surface area contributed by atoms with Gasteiger partial charge in [-0.1, -0.05) is 26.8 Å². The minimum absolute atomic E-state index is 0.0608. The summed E-state index contributed by atoms with van der Waals surface area (Å²) < 4.78 is 5.73. The van der Waals surface area contributed by atoms with E-state index >= 15 is 0 Å². The fraction of sp³-hybridized carbons (Fsp3) is 0.733. The van der Waals surface area contributed by atoms with Crippen molar-refractivity contribution in [3.8, 4) is 0 Å². The van der Waals surface area contributed by atoms with Crippen LogP contribution in [-0.2, 0) is 9.53 Å². The van der Waals surface area contributed by atoms with E-state index in [1.165, 1.54) is 6.42 Å². The third-order valence-corrected chi connectivity index (χ3v) is 5.70. The molecule has 3 nitrogen and oxygen atoms in total. The van der Waals surface area contributed by atoms with E-state index in [1.807, 2.05) is 0 Å². The zero-order valence-electron chi connectivity index (χ0n) is 11.4. The van der Waals surface area contributed by atoms with Crippen molar-refractivity contribution in [2.24, 2.45) is 21.7 Å². The highest BCUT2D eigenvalue weighted by molar-refractivity contribution is 6.01. The lowest BCUT2D eigenvalue weighted by atomic mass is 9.70. The molecule has 0 radical (unpaired) electrons. The van der Waals surface area contributed by atoms with Gasteiger partial charge < -0.3 is 4.74 Å². The third kappa shape index (κ3) is 1.20. The van der Waals surface area contributed by atoms with Crippen LogP contribution in [-0.4, -0.2) is 23.8 Å². The van der Waals surface area contributed by atoms with Gasteiger partial charge in [-0.15, -0.1) is 6.58 Å². The normalized spacial score (nSPS) is 44.3. The molecule has 0 aromatic rings. The highest BCUT2D eigenvalue weighted by atomic mass is 16.5. The lowest BCUT2D eigenvalue weighted by molar-refractivity contribution is -0.155. The number of ether oxygens (including phenoxy) is 1. The van der Waals surface area contributed by atoms with Crippen molar-refractivity contribution in [1.82, 2.24) is 0 Å². The summed E-state index contributed by atoms with van der Waals surface area (Å²) in [5.41, 5.74) is 1.38. The molecule has 2 bridgehead atoms. The first-order valence-corrected chi connectivity index (χ1v) is 6.81. The fourth-order valence-corrected chi connectivity index (χ4v) is 4.10. The molecule has 98 valence electrons. The maximum absolute atomic E-state index is 12.0. The zero-order valence-corrected chi connectivity index (χ0v) is 11.4. The van der Waals surface area contributed by atoms with E-state index in [0.29, 0.717) is 12.3 Å². The Kier molecular flexibility index (Phi) is 2.30. The zero-order chi connectivity index (χ0) is 13.1. The molecule has 1 heterocycles. The summed E-state index contributed by atoms with van der Waals surface area (Å²) in [5, 5.41) is 0. The number of rotatable bonds is 2. The molecule has 2 aliphatic carbocycles. The molecule has 3 aliphatic rings. The number of nitrogens with zero attached hydrogens (tertiary/aromatic N) is 1. The second kappa shape index (κ2) is 3.46. The topological polar surface area (TPSA) is 38.7 Å². The minimum atomic E-state index is -0.354. The van der Waals surface area contributed by atoms with Gasteiger partial charge in [0.2, 0.25) is 0 Å². The predicted octanol–water partition coefficient (Wildman–Crippen LogP) is 2.75. The quantitative estimate of drug-likeness (QED) is 0.556. The van der Waals surface area contributed by atoms with Gasteiger partial charge in [-0.25, -0.2) is 4.79 Å². The molecule has 3 rings (SSSR count). The second-order valence-corrected chi connectivity index (χ2v) is 6.64. The minimum Gasteiger partial charge on any atom is -0.454 e. The van der Waals surface area contributed by atoms with Crippen LogP contribution >= 0.6 is 0 Å². The van der Waals surface area contributed by atoms with Gasteiger partial charge in [0.25, 0.3) is 0 Å². The number of aliphatic imine (C=N–C) groups is 1. The molecule has 1 unspecified atom stereocenters. The number of hydrogen-bond acceptors (Lipinski definition) is 3. The van der Waals surface area contributed by atoms with Gasteiger partial charge >= 0.3 is 5.97 Å². The van der Waals surface area contributed by atoms with E-state index in [9.17, 15) is 4.79 Å². The van der Waals surface area contributed by atoms with Crippen molar-refractivity contribution in [2.45, 2.75) is 52.2 Å². The average Bonchev–Trinajstić information content (AvgIpc) is 2.62. The van der Waals surface area contributed by atoms with Gasteiger partial charge in [0.1, 0.15) is 6.10 Å². The molecule has 0 aromatic carbocycles. The van der Waals surface area contributed by atoms with Gasteiger partial charge in [0, 0.05) is 11.3 Å². The Labute approximate surface area is 108 Å². The monoisotopic (exact) mass is 247 g/mol. The molecule has 2 fully saturated rings. The highest BCUT2D eigenvalue weighted by Gasteiger charge is 2.67. The lowest BCUT2D eigenvalue weighted by Gasteiger charge is -2.39. The van der Waals surface area contributed by atoms with Crippen molar-refractivity contribution in [3.63, 3.8) is 0 Å². The summed E-state index contributed by atoms with van der Waals surface area (Å²) in [4.78, 5) is 16.7. The number of fused-ring (bicyclic) bond motifs is 5. The first kappa shape index (κ1) is 11.9. The van der Waals surface area contributed by atoms with Crippen LogP contribution in [0.4, 0.5) is 0 Å². The van der Waals surface area contributed by atoms with Crippen molar-refractivity contribution >= 4 is 11.7 Å². The van der Waals surface area contributed by atoms with Crippen molar-refractivity contribution in [3.05, 3.63) is 12.7 Å². The molecule has 0 N–H and O–H groups in total. The Morgan fingerprint density at radius 3 is 2.89 bits per heavy atom. The van der Waals surface area contributed by atoms with Crippen molar-refractivity contribution in [1.29, 1.82) is 0 Å². The lowest BCUT2D eigenvalue weighted by Crippen LogP contribution is -2.46. The summed E-state index contributed by atoms with van der Waals surface area (Å²) in [6.45, 7) is 10.5.